The summed E-state index contributed by atoms with van der Waals surface area (Å²) < 4.78 is 0. The van der Waals surface area contributed by atoms with Crippen molar-refractivity contribution in [3.63, 3.8) is 0 Å². The number of halogens is 1. The van der Waals surface area contributed by atoms with Crippen molar-refractivity contribution in [2.45, 2.75) is 44.9 Å². The first-order valence-corrected chi connectivity index (χ1v) is 6.56. The lowest BCUT2D eigenvalue weighted by Crippen LogP contribution is -1.87. The van der Waals surface area contributed by atoms with Crippen LogP contribution in [0, 0.1) is 0 Å². The van der Waals surface area contributed by atoms with Crippen molar-refractivity contribution in [3.05, 3.63) is 34.9 Å². The van der Waals surface area contributed by atoms with Crippen molar-refractivity contribution in [3.8, 4) is 0 Å². The molecule has 1 aromatic carbocycles. The van der Waals surface area contributed by atoms with Crippen molar-refractivity contribution in [1.29, 1.82) is 0 Å². The largest absolute Gasteiger partial charge is 0.396 e. The zero-order chi connectivity index (χ0) is 11.6. The molecule has 16 heavy (non-hydrogen) atoms. The van der Waals surface area contributed by atoms with Crippen LogP contribution >= 0.6 is 11.6 Å². The van der Waals surface area contributed by atoms with Crippen molar-refractivity contribution < 1.29 is 5.11 Å². The Labute approximate surface area is 103 Å². The fourth-order valence-corrected chi connectivity index (χ4v) is 2.05. The summed E-state index contributed by atoms with van der Waals surface area (Å²) in [6.45, 7) is 0.336. The molecule has 0 aromatic heterocycles. The monoisotopic (exact) mass is 240 g/mol. The van der Waals surface area contributed by atoms with E-state index in [9.17, 15) is 0 Å². The van der Waals surface area contributed by atoms with Crippen LogP contribution in [0.2, 0.25) is 5.02 Å². The van der Waals surface area contributed by atoms with Gasteiger partial charge < -0.3 is 5.11 Å². The SMILES string of the molecule is OCCCCCCCCc1cccc(Cl)c1. The van der Waals surface area contributed by atoms with Crippen molar-refractivity contribution in [2.75, 3.05) is 6.61 Å². The second-order valence-corrected chi connectivity index (χ2v) is 4.66. The molecule has 0 saturated carbocycles. The number of aliphatic hydroxyl groups is 1. The Balaban J connectivity index is 2.03. The highest BCUT2D eigenvalue weighted by molar-refractivity contribution is 6.30. The van der Waals surface area contributed by atoms with Crippen LogP contribution in [0.3, 0.4) is 0 Å². The Morgan fingerprint density at radius 3 is 2.31 bits per heavy atom. The molecule has 0 fully saturated rings. The highest BCUT2D eigenvalue weighted by atomic mass is 35.5. The molecule has 0 amide bonds. The zero-order valence-electron chi connectivity index (χ0n) is 9.79. The van der Waals surface area contributed by atoms with Gasteiger partial charge in [0.2, 0.25) is 0 Å². The van der Waals surface area contributed by atoms with E-state index in [1.165, 1.54) is 31.2 Å². The number of benzene rings is 1. The van der Waals surface area contributed by atoms with Gasteiger partial charge in [0.1, 0.15) is 0 Å². The second kappa shape index (κ2) is 8.60. The van der Waals surface area contributed by atoms with Gasteiger partial charge in [-0.05, 0) is 37.0 Å². The first-order chi connectivity index (χ1) is 7.83. The predicted octanol–water partition coefficient (Wildman–Crippen LogP) is 4.22. The van der Waals surface area contributed by atoms with E-state index in [2.05, 4.69) is 6.07 Å². The minimum Gasteiger partial charge on any atom is -0.396 e. The molecular formula is C14H21ClO. The lowest BCUT2D eigenvalue weighted by Gasteiger charge is -2.02. The smallest absolute Gasteiger partial charge is 0.0431 e. The Kier molecular flexibility index (Phi) is 7.28. The molecule has 2 heteroatoms. The molecule has 1 rings (SSSR count). The van der Waals surface area contributed by atoms with Crippen LogP contribution in [0.1, 0.15) is 44.1 Å². The van der Waals surface area contributed by atoms with E-state index in [1.54, 1.807) is 0 Å². The van der Waals surface area contributed by atoms with Gasteiger partial charge in [-0.1, -0.05) is 49.4 Å². The first kappa shape index (κ1) is 13.5. The third-order valence-corrected chi connectivity index (χ3v) is 3.00. The summed E-state index contributed by atoms with van der Waals surface area (Å²) in [5.41, 5.74) is 1.34. The van der Waals surface area contributed by atoms with Crippen LogP contribution in [0.4, 0.5) is 0 Å². The number of hydrogen-bond donors (Lipinski definition) is 1. The maximum Gasteiger partial charge on any atom is 0.0431 e. The Morgan fingerprint density at radius 2 is 1.62 bits per heavy atom. The maximum atomic E-state index is 8.63. The summed E-state index contributed by atoms with van der Waals surface area (Å²) in [6.07, 6.45) is 8.27. The van der Waals surface area contributed by atoms with Gasteiger partial charge in [0.05, 0.1) is 0 Å². The third kappa shape index (κ3) is 6.14. The first-order valence-electron chi connectivity index (χ1n) is 6.18. The molecule has 0 saturated heterocycles. The molecule has 0 radical (unpaired) electrons. The Hall–Kier alpha value is -0.530. The quantitative estimate of drug-likeness (QED) is 0.675. The molecular weight excluding hydrogens is 220 g/mol. The number of aliphatic hydroxyl groups excluding tert-OH is 1. The van der Waals surface area contributed by atoms with Gasteiger partial charge in [-0.15, -0.1) is 0 Å². The number of hydrogen-bond acceptors (Lipinski definition) is 1. The van der Waals surface area contributed by atoms with E-state index in [0.717, 1.165) is 24.3 Å². The molecule has 1 aromatic rings. The number of rotatable bonds is 8. The van der Waals surface area contributed by atoms with Gasteiger partial charge in [0.25, 0.3) is 0 Å². The van der Waals surface area contributed by atoms with E-state index in [0.29, 0.717) is 6.61 Å². The van der Waals surface area contributed by atoms with E-state index in [1.807, 2.05) is 18.2 Å². The molecule has 1 N–H and O–H groups in total. The molecule has 0 aliphatic rings. The Bertz CT molecular complexity index is 286. The number of unbranched alkanes of at least 4 members (excludes halogenated alkanes) is 5. The number of aryl methyl sites for hydroxylation is 1. The predicted molar refractivity (Wildman–Crippen MR) is 69.9 cm³/mol. The van der Waals surface area contributed by atoms with Crippen LogP contribution in [-0.4, -0.2) is 11.7 Å². The van der Waals surface area contributed by atoms with Crippen molar-refractivity contribution in [2.24, 2.45) is 0 Å². The normalized spacial score (nSPS) is 10.6. The minimum absolute atomic E-state index is 0.336. The van der Waals surface area contributed by atoms with Gasteiger partial charge in [0, 0.05) is 11.6 Å². The topological polar surface area (TPSA) is 20.2 Å². The molecule has 0 spiro atoms. The molecule has 0 aliphatic carbocycles. The Morgan fingerprint density at radius 1 is 0.938 bits per heavy atom. The molecule has 0 aliphatic heterocycles. The maximum absolute atomic E-state index is 8.63. The molecule has 0 heterocycles. The summed E-state index contributed by atoms with van der Waals surface area (Å²) in [5.74, 6) is 0. The lowest BCUT2D eigenvalue weighted by atomic mass is 10.1. The van der Waals surface area contributed by atoms with Crippen molar-refractivity contribution in [1.82, 2.24) is 0 Å². The van der Waals surface area contributed by atoms with Crippen LogP contribution in [0.15, 0.2) is 24.3 Å². The minimum atomic E-state index is 0.336. The van der Waals surface area contributed by atoms with Crippen LogP contribution in [0.25, 0.3) is 0 Å². The summed E-state index contributed by atoms with van der Waals surface area (Å²) in [4.78, 5) is 0. The summed E-state index contributed by atoms with van der Waals surface area (Å²) in [5, 5.41) is 9.46. The molecule has 0 atom stereocenters. The standard InChI is InChI=1S/C14H21ClO/c15-14-10-7-9-13(12-14)8-5-3-1-2-4-6-11-16/h7,9-10,12,16H,1-6,8,11H2. The van der Waals surface area contributed by atoms with Crippen LogP contribution in [0.5, 0.6) is 0 Å². The average Bonchev–Trinajstić information content (AvgIpc) is 2.28. The fourth-order valence-electron chi connectivity index (χ4n) is 1.84. The molecule has 1 nitrogen and oxygen atoms in total. The van der Waals surface area contributed by atoms with Gasteiger partial charge in [-0.3, -0.25) is 0 Å². The molecule has 0 bridgehead atoms. The van der Waals surface area contributed by atoms with Gasteiger partial charge in [-0.2, -0.15) is 0 Å². The van der Waals surface area contributed by atoms with Gasteiger partial charge in [-0.25, -0.2) is 0 Å². The average molecular weight is 241 g/mol. The zero-order valence-corrected chi connectivity index (χ0v) is 10.5. The molecule has 0 unspecified atom stereocenters. The summed E-state index contributed by atoms with van der Waals surface area (Å²) in [7, 11) is 0. The lowest BCUT2D eigenvalue weighted by molar-refractivity contribution is 0.282. The summed E-state index contributed by atoms with van der Waals surface area (Å²) in [6, 6.07) is 8.11. The van der Waals surface area contributed by atoms with Gasteiger partial charge >= 0.3 is 0 Å². The van der Waals surface area contributed by atoms with E-state index in [-0.39, 0.29) is 0 Å². The highest BCUT2D eigenvalue weighted by Crippen LogP contribution is 2.14. The second-order valence-electron chi connectivity index (χ2n) is 4.22. The highest BCUT2D eigenvalue weighted by Gasteiger charge is 1.95. The molecule has 90 valence electrons. The summed E-state index contributed by atoms with van der Waals surface area (Å²) >= 11 is 5.92. The van der Waals surface area contributed by atoms with E-state index >= 15 is 0 Å². The van der Waals surface area contributed by atoms with Gasteiger partial charge in [0.15, 0.2) is 0 Å². The van der Waals surface area contributed by atoms with Crippen molar-refractivity contribution >= 4 is 11.6 Å². The third-order valence-electron chi connectivity index (χ3n) is 2.76. The fraction of sp³-hybridized carbons (Fsp3) is 0.571. The van der Waals surface area contributed by atoms with Crippen LogP contribution in [-0.2, 0) is 6.42 Å². The van der Waals surface area contributed by atoms with E-state index in [4.69, 9.17) is 16.7 Å². The van der Waals surface area contributed by atoms with E-state index < -0.39 is 0 Å². The van der Waals surface area contributed by atoms with Crippen LogP contribution < -0.4 is 0 Å².